The third-order valence-corrected chi connectivity index (χ3v) is 5.17. The lowest BCUT2D eigenvalue weighted by atomic mass is 9.66. The van der Waals surface area contributed by atoms with Crippen molar-refractivity contribution >= 4 is 11.5 Å². The molecule has 0 radical (unpaired) electrons. The van der Waals surface area contributed by atoms with Crippen molar-refractivity contribution in [1.82, 2.24) is 0 Å². The van der Waals surface area contributed by atoms with Gasteiger partial charge in [0.05, 0.1) is 0 Å². The number of carbonyl (C=O) groups excluding carboxylic acids is 1. The van der Waals surface area contributed by atoms with Crippen molar-refractivity contribution < 1.29 is 9.90 Å². The Kier molecular flexibility index (Phi) is 5.65. The number of benzene rings is 2. The topological polar surface area (TPSA) is 89.3 Å². The standard InChI is InChI=1S/C21H28N2O2/c1-20(2,21(3,23)14-16-7-5-4-6-8-16)19(25)17-10-9-15(11-12-24)13-18(17)22/h4-10,13,24H,11-12,14,22-23H2,1-3H3. The minimum absolute atomic E-state index is 0.0518. The predicted octanol–water partition coefficient (Wildman–Crippen LogP) is 2.97. The quantitative estimate of drug-likeness (QED) is 0.534. The lowest BCUT2D eigenvalue weighted by Gasteiger charge is -2.40. The number of carbonyl (C=O) groups is 1. The van der Waals surface area contributed by atoms with Crippen LogP contribution in [0.25, 0.3) is 0 Å². The molecule has 0 aliphatic heterocycles. The highest BCUT2D eigenvalue weighted by atomic mass is 16.2. The summed E-state index contributed by atoms with van der Waals surface area (Å²) in [5.41, 5.74) is 14.1. The highest BCUT2D eigenvalue weighted by Gasteiger charge is 2.44. The first-order valence-corrected chi connectivity index (χ1v) is 8.56. The number of hydrogen-bond donors (Lipinski definition) is 3. The summed E-state index contributed by atoms with van der Waals surface area (Å²) < 4.78 is 0. The van der Waals surface area contributed by atoms with Crippen LogP contribution in [-0.4, -0.2) is 23.0 Å². The number of nitrogens with two attached hydrogens (primary N) is 2. The fraction of sp³-hybridized carbons (Fsp3) is 0.381. The van der Waals surface area contributed by atoms with Gasteiger partial charge < -0.3 is 16.6 Å². The molecular formula is C21H28N2O2. The Balaban J connectivity index is 2.29. The summed E-state index contributed by atoms with van der Waals surface area (Å²) in [6.07, 6.45) is 1.11. The van der Waals surface area contributed by atoms with E-state index < -0.39 is 11.0 Å². The molecule has 0 saturated heterocycles. The van der Waals surface area contributed by atoms with E-state index in [9.17, 15) is 4.79 Å². The van der Waals surface area contributed by atoms with E-state index in [0.29, 0.717) is 24.1 Å². The van der Waals surface area contributed by atoms with Crippen molar-refractivity contribution in [2.45, 2.75) is 39.2 Å². The molecule has 2 aromatic carbocycles. The molecule has 2 aromatic rings. The molecule has 134 valence electrons. The van der Waals surface area contributed by atoms with Gasteiger partial charge in [0.25, 0.3) is 0 Å². The largest absolute Gasteiger partial charge is 0.398 e. The summed E-state index contributed by atoms with van der Waals surface area (Å²) in [6.45, 7) is 5.71. The Bertz CT molecular complexity index is 737. The van der Waals surface area contributed by atoms with Crippen molar-refractivity contribution in [3.05, 3.63) is 65.2 Å². The number of Topliss-reactive ketones (excluding diaryl/α,β-unsaturated/α-hetero) is 1. The van der Waals surface area contributed by atoms with Crippen LogP contribution in [0.15, 0.2) is 48.5 Å². The molecule has 0 aromatic heterocycles. The van der Waals surface area contributed by atoms with Gasteiger partial charge in [-0.25, -0.2) is 0 Å². The Morgan fingerprint density at radius 3 is 2.24 bits per heavy atom. The zero-order valence-electron chi connectivity index (χ0n) is 15.3. The SMILES string of the molecule is CC(N)(Cc1ccccc1)C(C)(C)C(=O)c1ccc(CCO)cc1N. The third-order valence-electron chi connectivity index (χ3n) is 5.17. The van der Waals surface area contributed by atoms with Gasteiger partial charge in [0.1, 0.15) is 0 Å². The molecule has 0 heterocycles. The average Bonchev–Trinajstić information content (AvgIpc) is 2.55. The number of ketones is 1. The van der Waals surface area contributed by atoms with Gasteiger partial charge in [0.2, 0.25) is 0 Å². The Labute approximate surface area is 149 Å². The van der Waals surface area contributed by atoms with Crippen LogP contribution in [0.2, 0.25) is 0 Å². The normalized spacial score (nSPS) is 14.1. The number of rotatable bonds is 7. The van der Waals surface area contributed by atoms with E-state index >= 15 is 0 Å². The van der Waals surface area contributed by atoms with Crippen molar-refractivity contribution in [2.24, 2.45) is 11.1 Å². The number of nitrogen functional groups attached to an aromatic ring is 1. The molecule has 5 N–H and O–H groups in total. The Morgan fingerprint density at radius 1 is 1.04 bits per heavy atom. The summed E-state index contributed by atoms with van der Waals surface area (Å²) in [4.78, 5) is 13.2. The second kappa shape index (κ2) is 7.38. The number of aliphatic hydroxyl groups excluding tert-OH is 1. The maximum atomic E-state index is 13.2. The van der Waals surface area contributed by atoms with Crippen LogP contribution in [0.4, 0.5) is 5.69 Å². The molecule has 0 fully saturated rings. The molecular weight excluding hydrogens is 312 g/mol. The van der Waals surface area contributed by atoms with Gasteiger partial charge in [-0.2, -0.15) is 0 Å². The van der Waals surface area contributed by atoms with Crippen LogP contribution < -0.4 is 11.5 Å². The molecule has 4 heteroatoms. The molecule has 4 nitrogen and oxygen atoms in total. The fourth-order valence-electron chi connectivity index (χ4n) is 2.94. The van der Waals surface area contributed by atoms with Crippen LogP contribution in [0.3, 0.4) is 0 Å². The second-order valence-corrected chi connectivity index (χ2v) is 7.43. The lowest BCUT2D eigenvalue weighted by molar-refractivity contribution is 0.0714. The van der Waals surface area contributed by atoms with Crippen molar-refractivity contribution in [1.29, 1.82) is 0 Å². The first-order chi connectivity index (χ1) is 11.7. The van der Waals surface area contributed by atoms with Crippen molar-refractivity contribution in [2.75, 3.05) is 12.3 Å². The van der Waals surface area contributed by atoms with Crippen molar-refractivity contribution in [3.63, 3.8) is 0 Å². The van der Waals surface area contributed by atoms with Gasteiger partial charge >= 0.3 is 0 Å². The summed E-state index contributed by atoms with van der Waals surface area (Å²) in [6, 6.07) is 15.3. The summed E-state index contributed by atoms with van der Waals surface area (Å²) >= 11 is 0. The smallest absolute Gasteiger partial charge is 0.172 e. The van der Waals surface area contributed by atoms with Crippen LogP contribution >= 0.6 is 0 Å². The van der Waals surface area contributed by atoms with Gasteiger partial charge in [0, 0.05) is 28.8 Å². The van der Waals surface area contributed by atoms with Gasteiger partial charge in [-0.3, -0.25) is 4.79 Å². The number of hydrogen-bond acceptors (Lipinski definition) is 4. The molecule has 25 heavy (non-hydrogen) atoms. The molecule has 1 unspecified atom stereocenters. The molecule has 0 bridgehead atoms. The van der Waals surface area contributed by atoms with E-state index in [1.807, 2.05) is 57.2 Å². The highest BCUT2D eigenvalue weighted by Crippen LogP contribution is 2.36. The molecule has 0 saturated carbocycles. The van der Waals surface area contributed by atoms with E-state index in [1.54, 1.807) is 12.1 Å². The van der Waals surface area contributed by atoms with Crippen LogP contribution in [0.1, 0.15) is 42.3 Å². The molecule has 0 amide bonds. The first-order valence-electron chi connectivity index (χ1n) is 8.56. The second-order valence-electron chi connectivity index (χ2n) is 7.43. The molecule has 0 aliphatic rings. The maximum Gasteiger partial charge on any atom is 0.172 e. The predicted molar refractivity (Wildman–Crippen MR) is 102 cm³/mol. The molecule has 1 atom stereocenters. The van der Waals surface area contributed by atoms with Gasteiger partial charge in [-0.1, -0.05) is 50.2 Å². The first kappa shape index (κ1) is 19.2. The highest BCUT2D eigenvalue weighted by molar-refractivity contribution is 6.05. The minimum atomic E-state index is -0.796. The van der Waals surface area contributed by atoms with Crippen molar-refractivity contribution in [3.8, 4) is 0 Å². The number of anilines is 1. The number of aliphatic hydroxyl groups is 1. The van der Waals surface area contributed by atoms with E-state index in [0.717, 1.165) is 11.1 Å². The van der Waals surface area contributed by atoms with Gasteiger partial charge in [-0.05, 0) is 43.0 Å². The monoisotopic (exact) mass is 340 g/mol. The zero-order chi connectivity index (χ0) is 18.7. The van der Waals surface area contributed by atoms with E-state index in [4.69, 9.17) is 16.6 Å². The lowest BCUT2D eigenvalue weighted by Crippen LogP contribution is -2.55. The summed E-state index contributed by atoms with van der Waals surface area (Å²) in [7, 11) is 0. The Hall–Kier alpha value is -2.17. The van der Waals surface area contributed by atoms with Crippen LogP contribution in [0.5, 0.6) is 0 Å². The van der Waals surface area contributed by atoms with E-state index in [2.05, 4.69) is 0 Å². The van der Waals surface area contributed by atoms with Gasteiger partial charge in [-0.15, -0.1) is 0 Å². The third kappa shape index (κ3) is 4.09. The zero-order valence-corrected chi connectivity index (χ0v) is 15.3. The minimum Gasteiger partial charge on any atom is -0.398 e. The average molecular weight is 340 g/mol. The Morgan fingerprint density at radius 2 is 1.68 bits per heavy atom. The van der Waals surface area contributed by atoms with Gasteiger partial charge in [0.15, 0.2) is 5.78 Å². The van der Waals surface area contributed by atoms with Crippen LogP contribution in [-0.2, 0) is 12.8 Å². The van der Waals surface area contributed by atoms with E-state index in [1.165, 1.54) is 0 Å². The molecule has 0 aliphatic carbocycles. The molecule has 0 spiro atoms. The maximum absolute atomic E-state index is 13.2. The summed E-state index contributed by atoms with van der Waals surface area (Å²) in [5.74, 6) is -0.0681. The summed E-state index contributed by atoms with van der Waals surface area (Å²) in [5, 5.41) is 9.04. The van der Waals surface area contributed by atoms with Crippen LogP contribution in [0, 0.1) is 5.41 Å². The fourth-order valence-corrected chi connectivity index (χ4v) is 2.94. The molecule has 2 rings (SSSR count). The van der Waals surface area contributed by atoms with E-state index in [-0.39, 0.29) is 12.4 Å².